The van der Waals surface area contributed by atoms with Crippen LogP contribution in [-0.4, -0.2) is 39.4 Å². The van der Waals surface area contributed by atoms with Crippen LogP contribution in [0.4, 0.5) is 5.69 Å². The summed E-state index contributed by atoms with van der Waals surface area (Å²) in [6.07, 6.45) is 3.05. The van der Waals surface area contributed by atoms with Gasteiger partial charge >= 0.3 is 0 Å². The Balaban J connectivity index is 1.39. The predicted octanol–water partition coefficient (Wildman–Crippen LogP) is 5.44. The van der Waals surface area contributed by atoms with Crippen LogP contribution in [0.3, 0.4) is 0 Å². The van der Waals surface area contributed by atoms with E-state index in [0.29, 0.717) is 49.8 Å². The number of anilines is 1. The van der Waals surface area contributed by atoms with E-state index in [1.54, 1.807) is 30.2 Å². The molecule has 0 saturated carbocycles. The average Bonchev–Trinajstić information content (AvgIpc) is 3.36. The number of para-hydroxylation sites is 1. The number of carbonyl (C=O) groups excluding carboxylic acids is 1. The summed E-state index contributed by atoms with van der Waals surface area (Å²) in [6.45, 7) is 3.84. The van der Waals surface area contributed by atoms with Crippen LogP contribution >= 0.6 is 0 Å². The topological polar surface area (TPSA) is 81.0 Å². The summed E-state index contributed by atoms with van der Waals surface area (Å²) in [7, 11) is 1.62. The van der Waals surface area contributed by atoms with Crippen molar-refractivity contribution in [2.75, 3.05) is 38.4 Å². The molecule has 190 valence electrons. The molecule has 0 bridgehead atoms. The number of fused-ring (bicyclic) bond motifs is 1. The minimum absolute atomic E-state index is 0.0718. The molecule has 0 saturated heterocycles. The minimum Gasteiger partial charge on any atom is -0.497 e. The highest BCUT2D eigenvalue weighted by molar-refractivity contribution is 6.12. The van der Waals surface area contributed by atoms with Crippen molar-refractivity contribution in [3.05, 3.63) is 83.4 Å². The summed E-state index contributed by atoms with van der Waals surface area (Å²) in [5.41, 5.74) is 2.74. The first-order chi connectivity index (χ1) is 18.1. The van der Waals surface area contributed by atoms with Gasteiger partial charge < -0.3 is 23.8 Å². The molecule has 1 amide bonds. The maximum atomic E-state index is 13.1. The van der Waals surface area contributed by atoms with Crippen molar-refractivity contribution in [2.45, 2.75) is 19.8 Å². The van der Waals surface area contributed by atoms with E-state index in [4.69, 9.17) is 18.9 Å². The van der Waals surface area contributed by atoms with Crippen molar-refractivity contribution in [2.24, 2.45) is 0 Å². The highest BCUT2D eigenvalue weighted by Gasteiger charge is 2.26. The van der Waals surface area contributed by atoms with Crippen LogP contribution in [0, 0.1) is 11.3 Å². The number of nitrogens with zero attached hydrogens (tertiary/aromatic N) is 2. The van der Waals surface area contributed by atoms with Crippen LogP contribution in [0.25, 0.3) is 6.08 Å². The fourth-order valence-corrected chi connectivity index (χ4v) is 4.13. The van der Waals surface area contributed by atoms with Crippen LogP contribution in [-0.2, 0) is 11.2 Å². The highest BCUT2D eigenvalue weighted by Crippen LogP contribution is 2.31. The zero-order valence-corrected chi connectivity index (χ0v) is 21.1. The van der Waals surface area contributed by atoms with E-state index in [-0.39, 0.29) is 11.5 Å². The van der Waals surface area contributed by atoms with Crippen molar-refractivity contribution < 1.29 is 23.7 Å². The number of carbonyl (C=O) groups is 1. The van der Waals surface area contributed by atoms with Gasteiger partial charge in [-0.1, -0.05) is 30.3 Å². The van der Waals surface area contributed by atoms with Gasteiger partial charge in [0, 0.05) is 24.7 Å². The Kier molecular flexibility index (Phi) is 8.66. The molecule has 0 aromatic heterocycles. The fourth-order valence-electron chi connectivity index (χ4n) is 4.13. The zero-order valence-electron chi connectivity index (χ0n) is 21.1. The second-order valence-electron chi connectivity index (χ2n) is 8.37. The molecule has 1 aliphatic heterocycles. The van der Waals surface area contributed by atoms with E-state index in [9.17, 15) is 10.1 Å². The quantitative estimate of drug-likeness (QED) is 0.199. The second-order valence-corrected chi connectivity index (χ2v) is 8.37. The molecule has 4 rings (SSSR count). The van der Waals surface area contributed by atoms with E-state index in [2.05, 4.69) is 6.07 Å². The van der Waals surface area contributed by atoms with Crippen LogP contribution < -0.4 is 23.8 Å². The first kappa shape index (κ1) is 25.6. The molecule has 37 heavy (non-hydrogen) atoms. The molecule has 0 radical (unpaired) electrons. The van der Waals surface area contributed by atoms with Gasteiger partial charge in [-0.25, -0.2) is 0 Å². The van der Waals surface area contributed by atoms with Crippen molar-refractivity contribution in [3.63, 3.8) is 0 Å². The predicted molar refractivity (Wildman–Crippen MR) is 142 cm³/mol. The van der Waals surface area contributed by atoms with Gasteiger partial charge in [-0.05, 0) is 60.9 Å². The Bertz CT molecular complexity index is 1310. The molecule has 0 atom stereocenters. The number of nitriles is 1. The lowest BCUT2D eigenvalue weighted by Crippen LogP contribution is -2.29. The first-order valence-electron chi connectivity index (χ1n) is 12.3. The largest absolute Gasteiger partial charge is 0.497 e. The molecule has 0 N–H and O–H groups in total. The fraction of sp³-hybridized carbons (Fsp3) is 0.267. The van der Waals surface area contributed by atoms with Gasteiger partial charge in [-0.3, -0.25) is 4.79 Å². The van der Waals surface area contributed by atoms with Crippen LogP contribution in [0.2, 0.25) is 0 Å². The molecule has 1 aliphatic rings. The number of hydrogen-bond acceptors (Lipinski definition) is 6. The minimum atomic E-state index is -0.304. The van der Waals surface area contributed by atoms with E-state index >= 15 is 0 Å². The smallest absolute Gasteiger partial charge is 0.268 e. The Morgan fingerprint density at radius 2 is 1.78 bits per heavy atom. The SMILES string of the molecule is CCOc1cc(/C=C(\C#N)C(=O)N2CCc3ccccc32)ccc1OCCCOc1cccc(OC)c1. The number of benzene rings is 3. The van der Waals surface area contributed by atoms with Crippen LogP contribution in [0.1, 0.15) is 24.5 Å². The van der Waals surface area contributed by atoms with Crippen molar-refractivity contribution in [1.82, 2.24) is 0 Å². The Hall–Kier alpha value is -4.44. The maximum absolute atomic E-state index is 13.1. The third-order valence-electron chi connectivity index (χ3n) is 5.92. The van der Waals surface area contributed by atoms with Gasteiger partial charge in [0.1, 0.15) is 23.1 Å². The van der Waals surface area contributed by atoms with Crippen molar-refractivity contribution in [3.8, 4) is 29.1 Å². The molecular weight excluding hydrogens is 468 g/mol. The van der Waals surface area contributed by atoms with Gasteiger partial charge in [-0.2, -0.15) is 5.26 Å². The van der Waals surface area contributed by atoms with Gasteiger partial charge in [0.15, 0.2) is 11.5 Å². The molecule has 3 aromatic rings. The third kappa shape index (κ3) is 6.42. The Labute approximate surface area is 217 Å². The molecule has 7 nitrogen and oxygen atoms in total. The van der Waals surface area contributed by atoms with Crippen molar-refractivity contribution >= 4 is 17.7 Å². The number of amides is 1. The van der Waals surface area contributed by atoms with E-state index in [0.717, 1.165) is 29.2 Å². The van der Waals surface area contributed by atoms with Crippen molar-refractivity contribution in [1.29, 1.82) is 5.26 Å². The summed E-state index contributed by atoms with van der Waals surface area (Å²) in [5, 5.41) is 9.73. The number of ether oxygens (including phenoxy) is 4. The Morgan fingerprint density at radius 3 is 2.59 bits per heavy atom. The number of hydrogen-bond donors (Lipinski definition) is 0. The highest BCUT2D eigenvalue weighted by atomic mass is 16.5. The standard InChI is InChI=1S/C30H30N2O5/c1-3-35-29-19-22(18-24(21-31)30(33)32-15-14-23-8-4-5-11-27(23)32)12-13-28(29)37-17-7-16-36-26-10-6-9-25(20-26)34-2/h4-6,8-13,18-20H,3,7,14-17H2,1-2H3/b24-18+. The maximum Gasteiger partial charge on any atom is 0.268 e. The molecule has 0 fully saturated rings. The summed E-state index contributed by atoms with van der Waals surface area (Å²) in [6, 6.07) is 22.7. The molecule has 0 unspecified atom stereocenters. The zero-order chi connectivity index (χ0) is 26.0. The first-order valence-corrected chi connectivity index (χ1v) is 12.3. The molecule has 7 heteroatoms. The molecule has 1 heterocycles. The lowest BCUT2D eigenvalue weighted by Gasteiger charge is -2.17. The number of rotatable bonds is 11. The third-order valence-corrected chi connectivity index (χ3v) is 5.92. The summed E-state index contributed by atoms with van der Waals surface area (Å²) in [4.78, 5) is 14.8. The summed E-state index contributed by atoms with van der Waals surface area (Å²) in [5.74, 6) is 2.34. The van der Waals surface area contributed by atoms with Crippen LogP contribution in [0.15, 0.2) is 72.3 Å². The second kappa shape index (κ2) is 12.5. The molecular formula is C30H30N2O5. The monoisotopic (exact) mass is 498 g/mol. The number of methoxy groups -OCH3 is 1. The van der Waals surface area contributed by atoms with Gasteiger partial charge in [0.25, 0.3) is 5.91 Å². The van der Waals surface area contributed by atoms with Gasteiger partial charge in [0.2, 0.25) is 0 Å². The molecule has 3 aromatic carbocycles. The normalized spacial score (nSPS) is 12.5. The van der Waals surface area contributed by atoms with E-state index < -0.39 is 0 Å². The average molecular weight is 499 g/mol. The summed E-state index contributed by atoms with van der Waals surface area (Å²) < 4.78 is 22.7. The van der Waals surface area contributed by atoms with Crippen LogP contribution in [0.5, 0.6) is 23.0 Å². The van der Waals surface area contributed by atoms with Gasteiger partial charge in [-0.15, -0.1) is 0 Å². The lowest BCUT2D eigenvalue weighted by atomic mass is 10.1. The van der Waals surface area contributed by atoms with Gasteiger partial charge in [0.05, 0.1) is 26.9 Å². The van der Waals surface area contributed by atoms with E-state index in [1.165, 1.54) is 0 Å². The molecule has 0 aliphatic carbocycles. The molecule has 0 spiro atoms. The summed E-state index contributed by atoms with van der Waals surface area (Å²) >= 11 is 0. The van der Waals surface area contributed by atoms with E-state index in [1.807, 2.05) is 61.5 Å². The lowest BCUT2D eigenvalue weighted by molar-refractivity contribution is -0.114. The Morgan fingerprint density at radius 1 is 0.973 bits per heavy atom.